The maximum Gasteiger partial charge on any atom is 0.256 e. The van der Waals surface area contributed by atoms with E-state index in [-0.39, 0.29) is 11.7 Å². The van der Waals surface area contributed by atoms with Crippen LogP contribution in [0.3, 0.4) is 0 Å². The molecule has 8 heteroatoms. The van der Waals surface area contributed by atoms with Crippen LogP contribution in [0.25, 0.3) is 0 Å². The third-order valence-electron chi connectivity index (χ3n) is 4.30. The third kappa shape index (κ3) is 4.78. The van der Waals surface area contributed by atoms with Crippen molar-refractivity contribution < 1.29 is 9.18 Å². The SMILES string of the molecule is O=C(Nc1nn(Cc2ccc(F)cc2)cc1Br)c1cccc(Cn2cccn2)c1. The molecule has 146 valence electrons. The first kappa shape index (κ1) is 19.1. The second-order valence-electron chi connectivity index (χ2n) is 6.51. The standard InChI is InChI=1S/C21H17BrFN5O/c22-19-14-28(12-15-5-7-18(23)8-6-15)26-20(19)25-21(29)17-4-1-3-16(11-17)13-27-10-2-9-24-27/h1-11,14H,12-13H2,(H,25,26,29). The first-order valence-corrected chi connectivity index (χ1v) is 9.71. The molecule has 0 saturated carbocycles. The fraction of sp³-hybridized carbons (Fsp3) is 0.0952. The lowest BCUT2D eigenvalue weighted by atomic mass is 10.1. The lowest BCUT2D eigenvalue weighted by Crippen LogP contribution is -2.14. The lowest BCUT2D eigenvalue weighted by Gasteiger charge is -2.06. The van der Waals surface area contributed by atoms with Crippen molar-refractivity contribution in [2.24, 2.45) is 0 Å². The Labute approximate surface area is 175 Å². The highest BCUT2D eigenvalue weighted by Gasteiger charge is 2.13. The first-order chi connectivity index (χ1) is 14.1. The molecule has 29 heavy (non-hydrogen) atoms. The summed E-state index contributed by atoms with van der Waals surface area (Å²) in [4.78, 5) is 12.7. The maximum absolute atomic E-state index is 13.1. The molecule has 0 atom stereocenters. The summed E-state index contributed by atoms with van der Waals surface area (Å²) < 4.78 is 17.2. The van der Waals surface area contributed by atoms with Gasteiger partial charge in [-0.2, -0.15) is 10.2 Å². The fourth-order valence-corrected chi connectivity index (χ4v) is 3.33. The fourth-order valence-electron chi connectivity index (χ4n) is 2.91. The molecule has 1 amide bonds. The third-order valence-corrected chi connectivity index (χ3v) is 4.88. The van der Waals surface area contributed by atoms with Crippen LogP contribution in [0.5, 0.6) is 0 Å². The molecule has 0 aliphatic carbocycles. The number of rotatable bonds is 6. The number of aromatic nitrogens is 4. The molecule has 6 nitrogen and oxygen atoms in total. The molecule has 0 bridgehead atoms. The van der Waals surface area contributed by atoms with Crippen LogP contribution in [-0.2, 0) is 13.1 Å². The number of hydrogen-bond donors (Lipinski definition) is 1. The van der Waals surface area contributed by atoms with Crippen molar-refractivity contribution in [1.82, 2.24) is 19.6 Å². The Morgan fingerprint density at radius 1 is 1.03 bits per heavy atom. The average Bonchev–Trinajstić information content (AvgIpc) is 3.34. The summed E-state index contributed by atoms with van der Waals surface area (Å²) >= 11 is 3.43. The van der Waals surface area contributed by atoms with Crippen LogP contribution < -0.4 is 5.32 Å². The van der Waals surface area contributed by atoms with Crippen LogP contribution in [0, 0.1) is 5.82 Å². The molecule has 0 aliphatic rings. The molecule has 0 aliphatic heterocycles. The van der Waals surface area contributed by atoms with Crippen LogP contribution >= 0.6 is 15.9 Å². The zero-order valence-electron chi connectivity index (χ0n) is 15.3. The highest BCUT2D eigenvalue weighted by molar-refractivity contribution is 9.10. The van der Waals surface area contributed by atoms with Crippen LogP contribution in [0.15, 0.2) is 77.7 Å². The van der Waals surface area contributed by atoms with Crippen LogP contribution in [0.1, 0.15) is 21.5 Å². The predicted molar refractivity (Wildman–Crippen MR) is 111 cm³/mol. The molecule has 2 aromatic carbocycles. The normalized spacial score (nSPS) is 10.8. The van der Waals surface area contributed by atoms with Crippen molar-refractivity contribution in [2.45, 2.75) is 13.1 Å². The molecule has 0 radical (unpaired) electrons. The van der Waals surface area contributed by atoms with Gasteiger partial charge in [0, 0.05) is 24.2 Å². The summed E-state index contributed by atoms with van der Waals surface area (Å²) in [5, 5.41) is 11.4. The summed E-state index contributed by atoms with van der Waals surface area (Å²) in [5.41, 5.74) is 2.42. The smallest absolute Gasteiger partial charge is 0.256 e. The van der Waals surface area contributed by atoms with Gasteiger partial charge in [-0.05, 0) is 57.4 Å². The largest absolute Gasteiger partial charge is 0.304 e. The van der Waals surface area contributed by atoms with Gasteiger partial charge in [0.1, 0.15) is 5.82 Å². The Balaban J connectivity index is 1.45. The number of nitrogens with zero attached hydrogens (tertiary/aromatic N) is 4. The van der Waals surface area contributed by atoms with E-state index in [2.05, 4.69) is 31.4 Å². The lowest BCUT2D eigenvalue weighted by molar-refractivity contribution is 0.102. The number of hydrogen-bond acceptors (Lipinski definition) is 3. The van der Waals surface area contributed by atoms with E-state index in [0.29, 0.717) is 28.9 Å². The van der Waals surface area contributed by atoms with Gasteiger partial charge in [0.25, 0.3) is 5.91 Å². The van der Waals surface area contributed by atoms with Crippen molar-refractivity contribution in [3.05, 3.63) is 100 Å². The predicted octanol–water partition coefficient (Wildman–Crippen LogP) is 4.33. The van der Waals surface area contributed by atoms with Gasteiger partial charge in [-0.15, -0.1) is 0 Å². The van der Waals surface area contributed by atoms with Crippen molar-refractivity contribution in [2.75, 3.05) is 5.32 Å². The second kappa shape index (κ2) is 8.40. The number of benzene rings is 2. The van der Waals surface area contributed by atoms with Gasteiger partial charge in [-0.3, -0.25) is 14.2 Å². The molecular weight excluding hydrogens is 437 g/mol. The zero-order chi connectivity index (χ0) is 20.2. The zero-order valence-corrected chi connectivity index (χ0v) is 16.9. The highest BCUT2D eigenvalue weighted by Crippen LogP contribution is 2.22. The quantitative estimate of drug-likeness (QED) is 0.472. The molecule has 0 unspecified atom stereocenters. The Morgan fingerprint density at radius 2 is 1.83 bits per heavy atom. The van der Waals surface area contributed by atoms with Gasteiger partial charge in [-0.25, -0.2) is 4.39 Å². The maximum atomic E-state index is 13.1. The molecule has 4 rings (SSSR count). The molecule has 4 aromatic rings. The van der Waals surface area contributed by atoms with Gasteiger partial charge in [0.2, 0.25) is 0 Å². The Bertz CT molecular complexity index is 1120. The van der Waals surface area contributed by atoms with E-state index in [1.54, 1.807) is 40.0 Å². The van der Waals surface area contributed by atoms with Gasteiger partial charge in [0.15, 0.2) is 5.82 Å². The summed E-state index contributed by atoms with van der Waals surface area (Å²) in [5.74, 6) is -0.104. The first-order valence-electron chi connectivity index (χ1n) is 8.92. The van der Waals surface area contributed by atoms with E-state index in [9.17, 15) is 9.18 Å². The summed E-state index contributed by atoms with van der Waals surface area (Å²) in [6.07, 6.45) is 5.36. The minimum absolute atomic E-state index is 0.250. The minimum Gasteiger partial charge on any atom is -0.304 e. The molecule has 1 N–H and O–H groups in total. The number of carbonyl (C=O) groups excluding carboxylic acids is 1. The number of anilines is 1. The molecular formula is C21H17BrFN5O. The van der Waals surface area contributed by atoms with E-state index in [1.807, 2.05) is 30.5 Å². The van der Waals surface area contributed by atoms with E-state index >= 15 is 0 Å². The number of nitrogens with one attached hydrogen (secondary N) is 1. The van der Waals surface area contributed by atoms with Gasteiger partial charge >= 0.3 is 0 Å². The van der Waals surface area contributed by atoms with Gasteiger partial charge < -0.3 is 5.32 Å². The van der Waals surface area contributed by atoms with Crippen LogP contribution in [-0.4, -0.2) is 25.5 Å². The van der Waals surface area contributed by atoms with E-state index in [4.69, 9.17) is 0 Å². The number of carbonyl (C=O) groups is 1. The van der Waals surface area contributed by atoms with Crippen molar-refractivity contribution in [3.8, 4) is 0 Å². The minimum atomic E-state index is -0.280. The average molecular weight is 454 g/mol. The summed E-state index contributed by atoms with van der Waals surface area (Å²) in [6, 6.07) is 15.5. The van der Waals surface area contributed by atoms with Crippen molar-refractivity contribution >= 4 is 27.7 Å². The summed E-state index contributed by atoms with van der Waals surface area (Å²) in [6.45, 7) is 1.05. The monoisotopic (exact) mass is 453 g/mol. The highest BCUT2D eigenvalue weighted by atomic mass is 79.9. The molecule has 2 heterocycles. The Morgan fingerprint density at radius 3 is 2.59 bits per heavy atom. The van der Waals surface area contributed by atoms with Crippen molar-refractivity contribution in [3.63, 3.8) is 0 Å². The Hall–Kier alpha value is -3.26. The topological polar surface area (TPSA) is 64.7 Å². The van der Waals surface area contributed by atoms with E-state index in [0.717, 1.165) is 11.1 Å². The molecule has 0 fully saturated rings. The van der Waals surface area contributed by atoms with E-state index < -0.39 is 0 Å². The van der Waals surface area contributed by atoms with Crippen LogP contribution in [0.4, 0.5) is 10.2 Å². The molecule has 2 aromatic heterocycles. The van der Waals surface area contributed by atoms with Gasteiger partial charge in [0.05, 0.1) is 17.6 Å². The van der Waals surface area contributed by atoms with Gasteiger partial charge in [-0.1, -0.05) is 24.3 Å². The number of halogens is 2. The molecule has 0 spiro atoms. The van der Waals surface area contributed by atoms with Crippen LogP contribution in [0.2, 0.25) is 0 Å². The van der Waals surface area contributed by atoms with Crippen molar-refractivity contribution in [1.29, 1.82) is 0 Å². The Kier molecular flexibility index (Phi) is 5.53. The second-order valence-corrected chi connectivity index (χ2v) is 7.36. The molecule has 0 saturated heterocycles. The summed E-state index contributed by atoms with van der Waals surface area (Å²) in [7, 11) is 0. The van der Waals surface area contributed by atoms with E-state index in [1.165, 1.54) is 12.1 Å². The number of amides is 1.